The van der Waals surface area contributed by atoms with Gasteiger partial charge in [0, 0.05) is 54.7 Å². The first-order chi connectivity index (χ1) is 34.1. The van der Waals surface area contributed by atoms with Crippen LogP contribution >= 0.6 is 0 Å². The van der Waals surface area contributed by atoms with Crippen molar-refractivity contribution < 1.29 is 67.7 Å². The van der Waals surface area contributed by atoms with E-state index in [0.717, 1.165) is 11.1 Å². The number of nitrogen functional groups attached to an aromatic ring is 2. The van der Waals surface area contributed by atoms with Crippen molar-refractivity contribution in [3.8, 4) is 22.5 Å². The van der Waals surface area contributed by atoms with E-state index in [0.29, 0.717) is 77.8 Å². The van der Waals surface area contributed by atoms with Gasteiger partial charge in [0.05, 0.1) is 12.1 Å². The zero-order valence-electron chi connectivity index (χ0n) is 42.5. The van der Waals surface area contributed by atoms with Crippen LogP contribution in [0, 0.1) is 0 Å². The predicted molar refractivity (Wildman–Crippen MR) is 269 cm³/mol. The van der Waals surface area contributed by atoms with Crippen molar-refractivity contribution in [2.45, 2.75) is 97.4 Å². The van der Waals surface area contributed by atoms with E-state index in [2.05, 4.69) is 25.6 Å². The van der Waals surface area contributed by atoms with Crippen molar-refractivity contribution in [1.29, 1.82) is 0 Å². The van der Waals surface area contributed by atoms with Gasteiger partial charge in [0.2, 0.25) is 0 Å². The molecule has 2 aliphatic rings. The molecule has 0 saturated carbocycles. The van der Waals surface area contributed by atoms with Gasteiger partial charge in [-0.1, -0.05) is 36.4 Å². The number of imidazole rings is 2. The first-order valence-corrected chi connectivity index (χ1v) is 23.2. The number of hydrogen-bond acceptors (Lipinski definition) is 15. The number of Topliss-reactive ketones (excluding diaryl/α,β-unsaturated/α-hetero) is 1. The van der Waals surface area contributed by atoms with Crippen molar-refractivity contribution in [1.82, 2.24) is 39.1 Å². The number of carboxylic acid groups (broad SMARTS) is 1. The van der Waals surface area contributed by atoms with Crippen molar-refractivity contribution in [3.63, 3.8) is 0 Å². The Bertz CT molecular complexity index is 2770. The molecule has 22 nitrogen and oxygen atoms in total. The summed E-state index contributed by atoms with van der Waals surface area (Å²) in [4.78, 5) is 95.9. The normalized spacial score (nSPS) is 15.1. The van der Waals surface area contributed by atoms with Gasteiger partial charge in [-0.2, -0.15) is 0 Å². The predicted octanol–water partition coefficient (Wildman–Crippen LogP) is 4.69. The van der Waals surface area contributed by atoms with Crippen molar-refractivity contribution >= 4 is 47.4 Å². The third-order valence-corrected chi connectivity index (χ3v) is 11.4. The average Bonchev–Trinajstić information content (AvgIpc) is 4.14. The van der Waals surface area contributed by atoms with E-state index in [4.69, 9.17) is 26.1 Å². The monoisotopic (exact) mass is 1010 g/mol. The molecular weight excluding hydrogens is 948 g/mol. The van der Waals surface area contributed by atoms with Crippen LogP contribution in [0.1, 0.15) is 140 Å². The molecule has 2 aliphatic heterocycles. The largest absolute Gasteiger partial charge is 1.00 e. The van der Waals surface area contributed by atoms with E-state index in [1.54, 1.807) is 123 Å². The molecule has 2 aromatic carbocycles. The van der Waals surface area contributed by atoms with Crippen LogP contribution in [0.5, 0.6) is 0 Å². The molecule has 0 aliphatic carbocycles. The van der Waals surface area contributed by atoms with Crippen molar-refractivity contribution in [3.05, 3.63) is 131 Å². The fraction of sp³-hybridized carbons (Fsp3) is 0.333. The number of rotatable bonds is 10. The molecule has 0 bridgehead atoms. The third kappa shape index (κ3) is 13.3. The Labute approximate surface area is 439 Å². The molecule has 4 aromatic heterocycles. The van der Waals surface area contributed by atoms with Crippen LogP contribution in [0.4, 0.5) is 21.2 Å². The molecule has 4 amide bonds. The number of carboxylic acids is 1. The number of hydrogen-bond donors (Lipinski definition) is 5. The van der Waals surface area contributed by atoms with Crippen LogP contribution in [0.15, 0.2) is 97.3 Å². The van der Waals surface area contributed by atoms with Gasteiger partial charge in [-0.05, 0) is 116 Å². The molecule has 6 heterocycles. The molecule has 6 aromatic rings. The summed E-state index contributed by atoms with van der Waals surface area (Å²) in [5, 5.41) is 15.3. The summed E-state index contributed by atoms with van der Waals surface area (Å²) in [5.74, 6) is 11.9. The number of nitrogens with zero attached hydrogens (tertiary/aromatic N) is 8. The van der Waals surface area contributed by atoms with Gasteiger partial charge < -0.3 is 42.4 Å². The van der Waals surface area contributed by atoms with E-state index < -0.39 is 41.4 Å². The summed E-state index contributed by atoms with van der Waals surface area (Å²) in [5.41, 5.74) is 1.12. The SMILES string of the molecule is CC(=O)c1c(-c2ccc(C(=O)Nc3ccccn3)cc2)nc([C@@H]2CCCN2C(=O)OC(C)(C)C)n1N.CC(C)(C)OC(=O)N1CCC[C@H]1c1nc(-c2ccc(C(=O)Nc3ccccn3)cc2)c(C(=O)O)n1N.[Li+].[OH-]. The zero-order valence-corrected chi connectivity index (χ0v) is 42.5. The van der Waals surface area contributed by atoms with E-state index in [1.165, 1.54) is 16.5 Å². The van der Waals surface area contributed by atoms with Crippen molar-refractivity contribution in [2.24, 2.45) is 0 Å². The first kappa shape index (κ1) is 56.8. The molecule has 23 heteroatoms. The standard InChI is InChI=1S/C26H30N6O4.C25H28N6O5.Li.H2O/c1-16(33)22-21(17-10-12-18(13-11-17)24(34)29-20-9-5-6-14-28-20)30-23(32(22)27)19-8-7-15-31(19)25(35)36-26(2,3)4;1-25(2,3)36-24(35)30-14-6-7-17(30)21-29-19(20(23(33)34)31(21)26)15-9-11-16(12-10-15)22(32)28-18-8-4-5-13-27-18;;/h5-6,9-14,19H,7-8,15,27H2,1-4H3,(H,28,29,34);4-5,8-13,17H,6-7,14,26H2,1-3H3,(H,33,34)(H,27,28,32);;1H2/q;;+1;/p-1/t19-;17-;;/m00../s1. The molecule has 2 atom stereocenters. The van der Waals surface area contributed by atoms with E-state index in [9.17, 15) is 33.9 Å². The maximum absolute atomic E-state index is 12.8. The first-order valence-electron chi connectivity index (χ1n) is 23.2. The Hall–Kier alpha value is -8.06. The summed E-state index contributed by atoms with van der Waals surface area (Å²) in [6.45, 7) is 13.1. The van der Waals surface area contributed by atoms with Gasteiger partial charge >= 0.3 is 37.0 Å². The molecule has 2 fully saturated rings. The summed E-state index contributed by atoms with van der Waals surface area (Å²) in [6, 6.07) is 22.5. The van der Waals surface area contributed by atoms with Gasteiger partial charge in [0.1, 0.15) is 39.9 Å². The van der Waals surface area contributed by atoms with Crippen LogP contribution < -0.4 is 41.2 Å². The number of carbonyl (C=O) groups is 6. The van der Waals surface area contributed by atoms with Crippen LogP contribution in [0.3, 0.4) is 0 Å². The molecule has 384 valence electrons. The Morgan fingerprint density at radius 3 is 1.32 bits per heavy atom. The van der Waals surface area contributed by atoms with Crippen LogP contribution in [0.2, 0.25) is 0 Å². The second-order valence-electron chi connectivity index (χ2n) is 19.1. The molecule has 74 heavy (non-hydrogen) atoms. The topological polar surface area (TPSA) is 315 Å². The quantitative estimate of drug-likeness (QED) is 0.0706. The molecule has 0 spiro atoms. The Morgan fingerprint density at radius 2 is 0.986 bits per heavy atom. The van der Waals surface area contributed by atoms with Gasteiger partial charge in [0.15, 0.2) is 23.1 Å². The molecule has 8 N–H and O–H groups in total. The Kier molecular flexibility index (Phi) is 18.2. The van der Waals surface area contributed by atoms with Crippen molar-refractivity contribution in [2.75, 3.05) is 35.4 Å². The van der Waals surface area contributed by atoms with E-state index in [1.807, 2.05) is 20.8 Å². The molecular formula is C51H59LiN12O10. The molecule has 8 rings (SSSR count). The minimum atomic E-state index is -1.26. The summed E-state index contributed by atoms with van der Waals surface area (Å²) >= 11 is 0. The number of pyridine rings is 2. The average molecular weight is 1010 g/mol. The number of carbonyl (C=O) groups excluding carboxylic acids is 5. The minimum absolute atomic E-state index is 0. The second-order valence-corrected chi connectivity index (χ2v) is 19.1. The summed E-state index contributed by atoms with van der Waals surface area (Å²) < 4.78 is 13.4. The minimum Gasteiger partial charge on any atom is -0.870 e. The fourth-order valence-corrected chi connectivity index (χ4v) is 8.27. The number of nitrogens with one attached hydrogen (secondary N) is 2. The number of nitrogens with two attached hydrogens (primary N) is 2. The molecule has 0 radical (unpaired) electrons. The van der Waals surface area contributed by atoms with Crippen LogP contribution in [-0.4, -0.2) is 110 Å². The maximum atomic E-state index is 12.8. The number of aromatic nitrogens is 6. The van der Waals surface area contributed by atoms with Gasteiger partial charge in [-0.15, -0.1) is 0 Å². The fourth-order valence-electron chi connectivity index (χ4n) is 8.27. The van der Waals surface area contributed by atoms with Gasteiger partial charge in [-0.25, -0.2) is 43.7 Å². The van der Waals surface area contributed by atoms with E-state index >= 15 is 0 Å². The number of ether oxygens (including phenoxy) is 2. The Balaban J connectivity index is 0.000000267. The summed E-state index contributed by atoms with van der Waals surface area (Å²) in [6.07, 6.45) is 4.90. The Morgan fingerprint density at radius 1 is 0.608 bits per heavy atom. The number of likely N-dealkylation sites (tertiary alicyclic amines) is 2. The smallest absolute Gasteiger partial charge is 0.870 e. The van der Waals surface area contributed by atoms with Gasteiger partial charge in [0.25, 0.3) is 11.8 Å². The van der Waals surface area contributed by atoms with Gasteiger partial charge in [-0.3, -0.25) is 24.2 Å². The number of anilines is 2. The van der Waals surface area contributed by atoms with Crippen LogP contribution in [-0.2, 0) is 9.47 Å². The zero-order chi connectivity index (χ0) is 52.1. The maximum Gasteiger partial charge on any atom is 1.00 e. The molecule has 0 unspecified atom stereocenters. The van der Waals surface area contributed by atoms with Crippen LogP contribution in [0.25, 0.3) is 22.5 Å². The van der Waals surface area contributed by atoms with E-state index in [-0.39, 0.29) is 64.8 Å². The summed E-state index contributed by atoms with van der Waals surface area (Å²) in [7, 11) is 0. The number of amides is 4. The third-order valence-electron chi connectivity index (χ3n) is 11.4. The molecule has 2 saturated heterocycles. The number of ketones is 1. The second kappa shape index (κ2) is 23.7. The number of aromatic carboxylic acids is 1. The number of benzene rings is 2.